The smallest absolute Gasteiger partial charge is 0.0584 e. The molecule has 1 N–H and O–H groups in total. The van der Waals surface area contributed by atoms with E-state index in [1.165, 1.54) is 25.9 Å². The largest absolute Gasteiger partial charge is 0.395 e. The van der Waals surface area contributed by atoms with Gasteiger partial charge in [-0.05, 0) is 37.5 Å². The van der Waals surface area contributed by atoms with E-state index in [1.54, 1.807) is 0 Å². The van der Waals surface area contributed by atoms with E-state index in [9.17, 15) is 0 Å². The van der Waals surface area contributed by atoms with E-state index in [2.05, 4.69) is 18.7 Å². The summed E-state index contributed by atoms with van der Waals surface area (Å²) in [7, 11) is 0. The van der Waals surface area contributed by atoms with Crippen molar-refractivity contribution in [3.05, 3.63) is 0 Å². The van der Waals surface area contributed by atoms with Crippen LogP contribution in [0.15, 0.2) is 0 Å². The summed E-state index contributed by atoms with van der Waals surface area (Å²) in [6.07, 6.45) is 2.83. The van der Waals surface area contributed by atoms with Crippen molar-refractivity contribution in [2.24, 2.45) is 17.8 Å². The normalized spacial score (nSPS) is 42.2. The Bertz CT molecular complexity index is 169. The van der Waals surface area contributed by atoms with Crippen LogP contribution in [-0.4, -0.2) is 35.7 Å². The second-order valence-corrected chi connectivity index (χ2v) is 5.08. The molecule has 0 aromatic carbocycles. The zero-order valence-electron chi connectivity index (χ0n) is 8.74. The minimum atomic E-state index is 0.314. The molecule has 0 radical (unpaired) electrons. The second-order valence-electron chi connectivity index (χ2n) is 5.08. The lowest BCUT2D eigenvalue weighted by atomic mass is 10.0. The van der Waals surface area contributed by atoms with Crippen LogP contribution in [0.4, 0.5) is 0 Å². The minimum Gasteiger partial charge on any atom is -0.395 e. The van der Waals surface area contributed by atoms with Crippen molar-refractivity contribution in [2.75, 3.05) is 19.7 Å². The van der Waals surface area contributed by atoms with Crippen LogP contribution in [0.1, 0.15) is 26.7 Å². The second kappa shape index (κ2) is 3.58. The maximum atomic E-state index is 9.07. The van der Waals surface area contributed by atoms with Crippen molar-refractivity contribution >= 4 is 0 Å². The molecule has 13 heavy (non-hydrogen) atoms. The quantitative estimate of drug-likeness (QED) is 0.698. The van der Waals surface area contributed by atoms with Gasteiger partial charge in [0.2, 0.25) is 0 Å². The predicted octanol–water partition coefficient (Wildman–Crippen LogP) is 1.35. The van der Waals surface area contributed by atoms with E-state index in [1.807, 2.05) is 0 Å². The number of nitrogens with zero attached hydrogens (tertiary/aromatic N) is 1. The molecule has 1 saturated heterocycles. The van der Waals surface area contributed by atoms with E-state index in [-0.39, 0.29) is 0 Å². The highest BCUT2D eigenvalue weighted by molar-refractivity contribution is 4.92. The molecule has 0 aromatic rings. The van der Waals surface area contributed by atoms with Crippen molar-refractivity contribution in [3.63, 3.8) is 0 Å². The molecule has 2 rings (SSSR count). The first-order chi connectivity index (χ1) is 6.20. The zero-order chi connectivity index (χ0) is 9.42. The van der Waals surface area contributed by atoms with Crippen molar-refractivity contribution in [1.82, 2.24) is 4.90 Å². The Labute approximate surface area is 80.9 Å². The zero-order valence-corrected chi connectivity index (χ0v) is 8.74. The van der Waals surface area contributed by atoms with E-state index in [0.29, 0.717) is 12.6 Å². The van der Waals surface area contributed by atoms with Gasteiger partial charge in [0.1, 0.15) is 0 Å². The Kier molecular flexibility index (Phi) is 2.61. The molecule has 1 saturated carbocycles. The lowest BCUT2D eigenvalue weighted by Crippen LogP contribution is -2.34. The number of aliphatic hydroxyl groups excluding tert-OH is 1. The molecule has 0 spiro atoms. The van der Waals surface area contributed by atoms with Crippen molar-refractivity contribution < 1.29 is 5.11 Å². The molecular weight excluding hydrogens is 162 g/mol. The van der Waals surface area contributed by atoms with Gasteiger partial charge in [0, 0.05) is 19.1 Å². The first-order valence-electron chi connectivity index (χ1n) is 5.55. The summed E-state index contributed by atoms with van der Waals surface area (Å²) in [6.45, 7) is 7.28. The third-order valence-corrected chi connectivity index (χ3v) is 3.90. The first-order valence-corrected chi connectivity index (χ1v) is 5.55. The molecule has 1 aliphatic heterocycles. The fraction of sp³-hybridized carbons (Fsp3) is 1.00. The molecule has 1 heterocycles. The molecule has 2 aliphatic rings. The van der Waals surface area contributed by atoms with Crippen molar-refractivity contribution in [1.29, 1.82) is 0 Å². The van der Waals surface area contributed by atoms with Crippen LogP contribution in [0.25, 0.3) is 0 Å². The summed E-state index contributed by atoms with van der Waals surface area (Å²) < 4.78 is 0. The van der Waals surface area contributed by atoms with Gasteiger partial charge in [0.15, 0.2) is 0 Å². The van der Waals surface area contributed by atoms with Crippen LogP contribution in [0.3, 0.4) is 0 Å². The van der Waals surface area contributed by atoms with Crippen LogP contribution in [0.2, 0.25) is 0 Å². The average molecular weight is 183 g/mol. The number of hydrogen-bond acceptors (Lipinski definition) is 2. The van der Waals surface area contributed by atoms with Crippen LogP contribution < -0.4 is 0 Å². The number of fused-ring (bicyclic) bond motifs is 1. The third-order valence-electron chi connectivity index (χ3n) is 3.90. The molecule has 2 nitrogen and oxygen atoms in total. The molecule has 0 bridgehead atoms. The van der Waals surface area contributed by atoms with Crippen LogP contribution in [-0.2, 0) is 0 Å². The Morgan fingerprint density at radius 1 is 1.31 bits per heavy atom. The highest BCUT2D eigenvalue weighted by Crippen LogP contribution is 2.41. The maximum absolute atomic E-state index is 9.07. The van der Waals surface area contributed by atoms with Crippen LogP contribution in [0.5, 0.6) is 0 Å². The molecular formula is C11H21NO. The third kappa shape index (κ3) is 1.75. The van der Waals surface area contributed by atoms with Gasteiger partial charge >= 0.3 is 0 Å². The molecule has 0 aromatic heterocycles. The number of aliphatic hydroxyl groups is 1. The van der Waals surface area contributed by atoms with Gasteiger partial charge in [0.05, 0.1) is 6.61 Å². The Morgan fingerprint density at radius 2 is 1.85 bits per heavy atom. The Morgan fingerprint density at radius 3 is 2.31 bits per heavy atom. The molecule has 0 amide bonds. The Hall–Kier alpha value is -0.0800. The lowest BCUT2D eigenvalue weighted by molar-refractivity contribution is 0.148. The molecule has 2 fully saturated rings. The SMILES string of the molecule is CC1C[C@@H]2CN([C@@H](C)CO)C[C@@H]2C1. The van der Waals surface area contributed by atoms with Gasteiger partial charge in [0.25, 0.3) is 0 Å². The maximum Gasteiger partial charge on any atom is 0.0584 e. The van der Waals surface area contributed by atoms with Crippen LogP contribution >= 0.6 is 0 Å². The standard InChI is InChI=1S/C11H21NO/c1-8-3-10-5-12(9(2)7-13)6-11(10)4-8/h8-11,13H,3-7H2,1-2H3/t8?,9-,10-,11+/m0/s1. The van der Waals surface area contributed by atoms with Gasteiger partial charge in [-0.2, -0.15) is 0 Å². The summed E-state index contributed by atoms with van der Waals surface area (Å²) in [5.74, 6) is 2.81. The molecule has 1 unspecified atom stereocenters. The topological polar surface area (TPSA) is 23.5 Å². The number of rotatable bonds is 2. The Balaban J connectivity index is 1.90. The van der Waals surface area contributed by atoms with E-state index < -0.39 is 0 Å². The van der Waals surface area contributed by atoms with Gasteiger partial charge in [-0.3, -0.25) is 4.90 Å². The molecule has 1 aliphatic carbocycles. The van der Waals surface area contributed by atoms with E-state index >= 15 is 0 Å². The molecule has 4 atom stereocenters. The first kappa shape index (κ1) is 9.47. The monoisotopic (exact) mass is 183 g/mol. The average Bonchev–Trinajstić information content (AvgIpc) is 2.59. The fourth-order valence-corrected chi connectivity index (χ4v) is 3.11. The number of likely N-dealkylation sites (tertiary alicyclic amines) is 1. The summed E-state index contributed by atoms with van der Waals surface area (Å²) in [4.78, 5) is 2.46. The minimum absolute atomic E-state index is 0.314. The van der Waals surface area contributed by atoms with Gasteiger partial charge in [-0.1, -0.05) is 6.92 Å². The number of hydrogen-bond donors (Lipinski definition) is 1. The van der Waals surface area contributed by atoms with Crippen molar-refractivity contribution in [2.45, 2.75) is 32.7 Å². The predicted molar refractivity (Wildman–Crippen MR) is 53.5 cm³/mol. The summed E-state index contributed by atoms with van der Waals surface area (Å²) >= 11 is 0. The summed E-state index contributed by atoms with van der Waals surface area (Å²) in [6, 6.07) is 0.376. The van der Waals surface area contributed by atoms with Gasteiger partial charge in [-0.25, -0.2) is 0 Å². The fourth-order valence-electron chi connectivity index (χ4n) is 3.11. The van der Waals surface area contributed by atoms with E-state index in [0.717, 1.165) is 17.8 Å². The molecule has 76 valence electrons. The van der Waals surface area contributed by atoms with E-state index in [4.69, 9.17) is 5.11 Å². The van der Waals surface area contributed by atoms with Gasteiger partial charge in [-0.15, -0.1) is 0 Å². The lowest BCUT2D eigenvalue weighted by Gasteiger charge is -2.23. The van der Waals surface area contributed by atoms with Crippen LogP contribution in [0, 0.1) is 17.8 Å². The molecule has 2 heteroatoms. The summed E-state index contributed by atoms with van der Waals surface area (Å²) in [5.41, 5.74) is 0. The van der Waals surface area contributed by atoms with Gasteiger partial charge < -0.3 is 5.11 Å². The summed E-state index contributed by atoms with van der Waals surface area (Å²) in [5, 5.41) is 9.07. The van der Waals surface area contributed by atoms with Crippen molar-refractivity contribution in [3.8, 4) is 0 Å². The highest BCUT2D eigenvalue weighted by Gasteiger charge is 2.40. The highest BCUT2D eigenvalue weighted by atomic mass is 16.3.